The molecule has 1 aromatic heterocycles. The van der Waals surface area contributed by atoms with Gasteiger partial charge in [0.25, 0.3) is 0 Å². The summed E-state index contributed by atoms with van der Waals surface area (Å²) in [5.41, 5.74) is 1.12. The molecule has 0 radical (unpaired) electrons. The van der Waals surface area contributed by atoms with Crippen LogP contribution in [0.4, 0.5) is 5.82 Å². The summed E-state index contributed by atoms with van der Waals surface area (Å²) in [6.07, 6.45) is 1.62. The number of pyridine rings is 1. The third kappa shape index (κ3) is 3.35. The number of anilines is 1. The Hall–Kier alpha value is -1.25. The second kappa shape index (κ2) is 5.39. The molecular formula is C13H12Cl2N2. The Labute approximate surface area is 111 Å². The Kier molecular flexibility index (Phi) is 3.87. The van der Waals surface area contributed by atoms with Crippen LogP contribution in [0.2, 0.25) is 10.0 Å². The molecule has 0 saturated heterocycles. The molecule has 0 aliphatic carbocycles. The smallest absolute Gasteiger partial charge is 0.126 e. The number of nitrogens with one attached hydrogen (secondary N) is 1. The van der Waals surface area contributed by atoms with Crippen molar-refractivity contribution in [3.63, 3.8) is 0 Å². The van der Waals surface area contributed by atoms with Crippen molar-refractivity contribution in [2.45, 2.75) is 13.0 Å². The van der Waals surface area contributed by atoms with Crippen LogP contribution in [0.5, 0.6) is 0 Å². The monoisotopic (exact) mass is 266 g/mol. The van der Waals surface area contributed by atoms with Gasteiger partial charge >= 0.3 is 0 Å². The first-order chi connectivity index (χ1) is 8.15. The van der Waals surface area contributed by atoms with Gasteiger partial charge in [-0.05, 0) is 36.8 Å². The molecule has 2 nitrogen and oxygen atoms in total. The molecule has 0 aliphatic heterocycles. The van der Waals surface area contributed by atoms with Crippen molar-refractivity contribution in [1.29, 1.82) is 0 Å². The average Bonchev–Trinajstić information content (AvgIpc) is 2.32. The molecule has 0 fully saturated rings. The van der Waals surface area contributed by atoms with Crippen molar-refractivity contribution >= 4 is 29.0 Å². The molecule has 1 unspecified atom stereocenters. The maximum atomic E-state index is 5.95. The summed E-state index contributed by atoms with van der Waals surface area (Å²) in [4.78, 5) is 4.19. The molecule has 0 saturated carbocycles. The fourth-order valence-corrected chi connectivity index (χ4v) is 1.85. The number of halogens is 2. The molecule has 17 heavy (non-hydrogen) atoms. The van der Waals surface area contributed by atoms with Crippen LogP contribution in [0.25, 0.3) is 0 Å². The van der Waals surface area contributed by atoms with Crippen LogP contribution < -0.4 is 5.32 Å². The fourth-order valence-electron chi connectivity index (χ4n) is 1.54. The lowest BCUT2D eigenvalue weighted by atomic mass is 10.1. The highest BCUT2D eigenvalue weighted by atomic mass is 35.5. The zero-order chi connectivity index (χ0) is 12.3. The Morgan fingerprint density at radius 3 is 2.59 bits per heavy atom. The number of hydrogen-bond donors (Lipinski definition) is 1. The normalized spacial score (nSPS) is 12.2. The van der Waals surface area contributed by atoms with E-state index in [1.54, 1.807) is 6.20 Å². The van der Waals surface area contributed by atoms with Gasteiger partial charge in [0.2, 0.25) is 0 Å². The van der Waals surface area contributed by atoms with E-state index in [4.69, 9.17) is 23.2 Å². The van der Waals surface area contributed by atoms with Gasteiger partial charge in [-0.2, -0.15) is 0 Å². The van der Waals surface area contributed by atoms with Gasteiger partial charge in [-0.1, -0.05) is 35.3 Å². The number of hydrogen-bond acceptors (Lipinski definition) is 2. The minimum Gasteiger partial charge on any atom is -0.364 e. The van der Waals surface area contributed by atoms with Crippen LogP contribution in [0.3, 0.4) is 0 Å². The molecule has 0 amide bonds. The minimum atomic E-state index is 0.141. The van der Waals surface area contributed by atoms with E-state index in [0.29, 0.717) is 5.02 Å². The molecule has 0 bridgehead atoms. The first-order valence-corrected chi connectivity index (χ1v) is 6.04. The number of rotatable bonds is 3. The van der Waals surface area contributed by atoms with Gasteiger partial charge in [-0.25, -0.2) is 4.98 Å². The van der Waals surface area contributed by atoms with Crippen molar-refractivity contribution in [1.82, 2.24) is 4.98 Å². The SMILES string of the molecule is CC(Nc1ccc(Cl)cn1)c1cccc(Cl)c1. The molecule has 2 aromatic rings. The van der Waals surface area contributed by atoms with Gasteiger partial charge in [-0.15, -0.1) is 0 Å². The largest absolute Gasteiger partial charge is 0.364 e. The summed E-state index contributed by atoms with van der Waals surface area (Å²) in [5.74, 6) is 0.793. The molecule has 1 heterocycles. The summed E-state index contributed by atoms with van der Waals surface area (Å²) in [6, 6.07) is 11.6. The number of nitrogens with zero attached hydrogens (tertiary/aromatic N) is 1. The molecule has 2 rings (SSSR count). The Morgan fingerprint density at radius 1 is 1.12 bits per heavy atom. The second-order valence-corrected chi connectivity index (χ2v) is 4.66. The van der Waals surface area contributed by atoms with Crippen LogP contribution in [0.1, 0.15) is 18.5 Å². The van der Waals surface area contributed by atoms with Crippen LogP contribution in [-0.4, -0.2) is 4.98 Å². The van der Waals surface area contributed by atoms with Gasteiger partial charge in [0.1, 0.15) is 5.82 Å². The number of aromatic nitrogens is 1. The molecule has 1 N–H and O–H groups in total. The molecule has 88 valence electrons. The molecule has 0 aliphatic rings. The van der Waals surface area contributed by atoms with Crippen molar-refractivity contribution in [2.75, 3.05) is 5.32 Å². The summed E-state index contributed by atoms with van der Waals surface area (Å²) in [5, 5.41) is 4.65. The highest BCUT2D eigenvalue weighted by Gasteiger charge is 2.06. The predicted molar refractivity (Wildman–Crippen MR) is 72.7 cm³/mol. The van der Waals surface area contributed by atoms with Crippen LogP contribution in [0.15, 0.2) is 42.6 Å². The van der Waals surface area contributed by atoms with E-state index >= 15 is 0 Å². The van der Waals surface area contributed by atoms with Crippen molar-refractivity contribution in [3.05, 3.63) is 58.2 Å². The lowest BCUT2D eigenvalue weighted by Crippen LogP contribution is -2.07. The third-order valence-corrected chi connectivity index (χ3v) is 2.90. The van der Waals surface area contributed by atoms with Crippen molar-refractivity contribution < 1.29 is 0 Å². The summed E-state index contributed by atoms with van der Waals surface area (Å²) in [6.45, 7) is 2.06. The Bertz CT molecular complexity index is 497. The standard InChI is InChI=1S/C13H12Cl2N2/c1-9(10-3-2-4-11(14)7-10)17-13-6-5-12(15)8-16-13/h2-9H,1H3,(H,16,17). The van der Waals surface area contributed by atoms with Gasteiger partial charge in [0.05, 0.1) is 5.02 Å². The highest BCUT2D eigenvalue weighted by Crippen LogP contribution is 2.21. The first-order valence-electron chi connectivity index (χ1n) is 5.29. The Balaban J connectivity index is 2.11. The second-order valence-electron chi connectivity index (χ2n) is 3.78. The van der Waals surface area contributed by atoms with E-state index in [2.05, 4.69) is 17.2 Å². The van der Waals surface area contributed by atoms with Crippen LogP contribution in [0, 0.1) is 0 Å². The van der Waals surface area contributed by atoms with E-state index in [9.17, 15) is 0 Å². The maximum absolute atomic E-state index is 5.95. The lowest BCUT2D eigenvalue weighted by Gasteiger charge is -2.15. The van der Waals surface area contributed by atoms with E-state index in [1.807, 2.05) is 36.4 Å². The molecule has 4 heteroatoms. The van der Waals surface area contributed by atoms with Crippen LogP contribution in [-0.2, 0) is 0 Å². The topological polar surface area (TPSA) is 24.9 Å². The maximum Gasteiger partial charge on any atom is 0.126 e. The highest BCUT2D eigenvalue weighted by molar-refractivity contribution is 6.30. The average molecular weight is 267 g/mol. The quantitative estimate of drug-likeness (QED) is 0.881. The minimum absolute atomic E-state index is 0.141. The molecular weight excluding hydrogens is 255 g/mol. The third-order valence-electron chi connectivity index (χ3n) is 2.44. The summed E-state index contributed by atoms with van der Waals surface area (Å²) >= 11 is 11.7. The van der Waals surface area contributed by atoms with E-state index in [-0.39, 0.29) is 6.04 Å². The Morgan fingerprint density at radius 2 is 1.94 bits per heavy atom. The summed E-state index contributed by atoms with van der Waals surface area (Å²) in [7, 11) is 0. The molecule has 1 aromatic carbocycles. The van der Waals surface area contributed by atoms with Crippen LogP contribution >= 0.6 is 23.2 Å². The predicted octanol–water partition coefficient (Wildman–Crippen LogP) is 4.56. The molecule has 1 atom stereocenters. The van der Waals surface area contributed by atoms with Crippen molar-refractivity contribution in [2.24, 2.45) is 0 Å². The van der Waals surface area contributed by atoms with E-state index in [0.717, 1.165) is 16.4 Å². The van der Waals surface area contributed by atoms with Gasteiger partial charge < -0.3 is 5.32 Å². The molecule has 0 spiro atoms. The summed E-state index contributed by atoms with van der Waals surface area (Å²) < 4.78 is 0. The van der Waals surface area contributed by atoms with E-state index < -0.39 is 0 Å². The van der Waals surface area contributed by atoms with Crippen molar-refractivity contribution in [3.8, 4) is 0 Å². The zero-order valence-electron chi connectivity index (χ0n) is 9.32. The number of benzene rings is 1. The van der Waals surface area contributed by atoms with Gasteiger partial charge in [0.15, 0.2) is 0 Å². The zero-order valence-corrected chi connectivity index (χ0v) is 10.8. The van der Waals surface area contributed by atoms with E-state index in [1.165, 1.54) is 0 Å². The van der Waals surface area contributed by atoms with Gasteiger partial charge in [0, 0.05) is 17.3 Å². The lowest BCUT2D eigenvalue weighted by molar-refractivity contribution is 0.875. The van der Waals surface area contributed by atoms with Gasteiger partial charge in [-0.3, -0.25) is 0 Å². The fraction of sp³-hybridized carbons (Fsp3) is 0.154. The first kappa shape index (κ1) is 12.2.